The number of nitrogens with two attached hydrogens (primary N) is 3. The molecule has 0 aliphatic heterocycles. The molecule has 0 saturated carbocycles. The number of aromatic hydroxyl groups is 1. The Labute approximate surface area is 190 Å². The van der Waals surface area contributed by atoms with Crippen molar-refractivity contribution < 1.29 is 29.4 Å². The van der Waals surface area contributed by atoms with Crippen molar-refractivity contribution in [2.75, 3.05) is 13.1 Å². The molecule has 0 aromatic heterocycles. The van der Waals surface area contributed by atoms with Gasteiger partial charge >= 0.3 is 5.97 Å². The second-order valence-corrected chi connectivity index (χ2v) is 7.33. The van der Waals surface area contributed by atoms with Crippen LogP contribution in [0.5, 0.6) is 5.75 Å². The van der Waals surface area contributed by atoms with Gasteiger partial charge in [-0.2, -0.15) is 0 Å². The summed E-state index contributed by atoms with van der Waals surface area (Å²) >= 11 is 0. The van der Waals surface area contributed by atoms with E-state index in [-0.39, 0.29) is 18.1 Å². The number of rotatable bonds is 13. The molecule has 0 spiro atoms. The van der Waals surface area contributed by atoms with Crippen molar-refractivity contribution in [2.24, 2.45) is 22.2 Å². The van der Waals surface area contributed by atoms with Gasteiger partial charge in [-0.3, -0.25) is 19.4 Å². The summed E-state index contributed by atoms with van der Waals surface area (Å²) < 4.78 is 0. The van der Waals surface area contributed by atoms with Gasteiger partial charge in [0.25, 0.3) is 0 Å². The van der Waals surface area contributed by atoms with Crippen molar-refractivity contribution in [1.29, 1.82) is 0 Å². The predicted molar refractivity (Wildman–Crippen MR) is 120 cm³/mol. The highest BCUT2D eigenvalue weighted by molar-refractivity contribution is 5.92. The highest BCUT2D eigenvalue weighted by Crippen LogP contribution is 2.11. The monoisotopic (exact) mass is 465 g/mol. The molecule has 0 aliphatic carbocycles. The second kappa shape index (κ2) is 13.5. The minimum Gasteiger partial charge on any atom is -0.508 e. The lowest BCUT2D eigenvalue weighted by molar-refractivity contribution is -0.142. The number of carbonyl (C=O) groups excluding carboxylic acids is 3. The second-order valence-electron chi connectivity index (χ2n) is 7.33. The number of aliphatic carboxylic acids is 1. The number of hydrogen-bond donors (Lipinski definition) is 8. The molecule has 1 aromatic rings. The van der Waals surface area contributed by atoms with Gasteiger partial charge in [0.05, 0.1) is 12.6 Å². The highest BCUT2D eigenvalue weighted by Gasteiger charge is 2.24. The molecule has 0 heterocycles. The number of nitrogens with one attached hydrogen (secondary N) is 3. The molecule has 0 aliphatic rings. The first-order valence-corrected chi connectivity index (χ1v) is 10.2. The normalized spacial score (nSPS) is 13.2. The van der Waals surface area contributed by atoms with Crippen molar-refractivity contribution in [3.8, 4) is 5.75 Å². The molecule has 0 fully saturated rings. The van der Waals surface area contributed by atoms with Crippen LogP contribution in [-0.2, 0) is 25.6 Å². The van der Waals surface area contributed by atoms with Gasteiger partial charge in [-0.25, -0.2) is 4.79 Å². The Kier molecular flexibility index (Phi) is 11.1. The topological polar surface area (TPSA) is 235 Å². The summed E-state index contributed by atoms with van der Waals surface area (Å²) in [5.41, 5.74) is 16.7. The van der Waals surface area contributed by atoms with E-state index in [0.29, 0.717) is 24.9 Å². The highest BCUT2D eigenvalue weighted by atomic mass is 16.4. The summed E-state index contributed by atoms with van der Waals surface area (Å²) in [5, 5.41) is 25.8. The quantitative estimate of drug-likeness (QED) is 0.0872. The molecular weight excluding hydrogens is 434 g/mol. The zero-order valence-corrected chi connectivity index (χ0v) is 18.3. The zero-order chi connectivity index (χ0) is 25.0. The molecule has 3 unspecified atom stereocenters. The molecule has 0 radical (unpaired) electrons. The van der Waals surface area contributed by atoms with Gasteiger partial charge in [0.2, 0.25) is 17.7 Å². The molecule has 1 aromatic carbocycles. The van der Waals surface area contributed by atoms with Gasteiger partial charge in [0.15, 0.2) is 5.96 Å². The summed E-state index contributed by atoms with van der Waals surface area (Å²) in [4.78, 5) is 51.6. The van der Waals surface area contributed by atoms with Crippen molar-refractivity contribution in [3.05, 3.63) is 29.8 Å². The number of hydrogen-bond acceptors (Lipinski definition) is 7. The molecule has 13 nitrogen and oxygen atoms in total. The van der Waals surface area contributed by atoms with Gasteiger partial charge < -0.3 is 43.4 Å². The van der Waals surface area contributed by atoms with E-state index in [1.54, 1.807) is 0 Å². The SMILES string of the molecule is CC(NC(=O)CNC(=O)C(N)CCCN=C(N)N)C(=O)NC(Cc1ccc(O)cc1)C(=O)O. The van der Waals surface area contributed by atoms with Gasteiger partial charge in [-0.1, -0.05) is 12.1 Å². The number of benzene rings is 1. The fourth-order valence-corrected chi connectivity index (χ4v) is 2.67. The van der Waals surface area contributed by atoms with Crippen LogP contribution in [-0.4, -0.2) is 71.1 Å². The Balaban J connectivity index is 2.45. The van der Waals surface area contributed by atoms with E-state index in [9.17, 15) is 29.4 Å². The zero-order valence-electron chi connectivity index (χ0n) is 18.3. The van der Waals surface area contributed by atoms with Gasteiger partial charge in [0.1, 0.15) is 17.8 Å². The van der Waals surface area contributed by atoms with E-state index in [2.05, 4.69) is 20.9 Å². The number of phenols is 1. The van der Waals surface area contributed by atoms with E-state index < -0.39 is 48.4 Å². The van der Waals surface area contributed by atoms with Crippen LogP contribution in [0.2, 0.25) is 0 Å². The van der Waals surface area contributed by atoms with E-state index in [1.165, 1.54) is 31.2 Å². The Hall–Kier alpha value is -3.87. The van der Waals surface area contributed by atoms with Crippen LogP contribution in [0.3, 0.4) is 0 Å². The Morgan fingerprint density at radius 3 is 2.27 bits per heavy atom. The average molecular weight is 466 g/mol. The lowest BCUT2D eigenvalue weighted by Crippen LogP contribution is -2.53. The molecule has 1 rings (SSSR count). The number of carboxylic acid groups (broad SMARTS) is 1. The number of phenolic OH excluding ortho intramolecular Hbond substituents is 1. The van der Waals surface area contributed by atoms with Crippen molar-refractivity contribution in [1.82, 2.24) is 16.0 Å². The van der Waals surface area contributed by atoms with Crippen LogP contribution in [0, 0.1) is 0 Å². The maximum Gasteiger partial charge on any atom is 0.326 e. The largest absolute Gasteiger partial charge is 0.508 e. The summed E-state index contributed by atoms with van der Waals surface area (Å²) in [6, 6.07) is 2.74. The number of carbonyl (C=O) groups is 4. The molecule has 182 valence electrons. The fraction of sp³-hybridized carbons (Fsp3) is 0.450. The van der Waals surface area contributed by atoms with Crippen LogP contribution >= 0.6 is 0 Å². The Morgan fingerprint density at radius 2 is 1.70 bits per heavy atom. The molecule has 0 saturated heterocycles. The first kappa shape index (κ1) is 27.2. The van der Waals surface area contributed by atoms with Gasteiger partial charge in [-0.05, 0) is 37.5 Å². The maximum atomic E-state index is 12.3. The lowest BCUT2D eigenvalue weighted by Gasteiger charge is -2.19. The Bertz CT molecular complexity index is 855. The molecule has 3 amide bonds. The van der Waals surface area contributed by atoms with Gasteiger partial charge in [-0.15, -0.1) is 0 Å². The van der Waals surface area contributed by atoms with Crippen molar-refractivity contribution >= 4 is 29.7 Å². The molecular formula is C20H31N7O6. The number of nitrogens with zero attached hydrogens (tertiary/aromatic N) is 1. The number of guanidine groups is 1. The van der Waals surface area contributed by atoms with Crippen LogP contribution in [0.4, 0.5) is 0 Å². The lowest BCUT2D eigenvalue weighted by atomic mass is 10.1. The summed E-state index contributed by atoms with van der Waals surface area (Å²) in [5.74, 6) is -3.19. The summed E-state index contributed by atoms with van der Waals surface area (Å²) in [6.45, 7) is 1.29. The average Bonchev–Trinajstić information content (AvgIpc) is 2.75. The smallest absolute Gasteiger partial charge is 0.326 e. The van der Waals surface area contributed by atoms with Crippen LogP contribution < -0.4 is 33.2 Å². The minimum absolute atomic E-state index is 0.0147. The number of carboxylic acids is 1. The number of aliphatic imine (C=N–C) groups is 1. The van der Waals surface area contributed by atoms with Crippen LogP contribution in [0.25, 0.3) is 0 Å². The first-order valence-electron chi connectivity index (χ1n) is 10.2. The maximum absolute atomic E-state index is 12.3. The Morgan fingerprint density at radius 1 is 1.06 bits per heavy atom. The van der Waals surface area contributed by atoms with Crippen LogP contribution in [0.15, 0.2) is 29.3 Å². The van der Waals surface area contributed by atoms with Crippen molar-refractivity contribution in [2.45, 2.75) is 44.3 Å². The fourth-order valence-electron chi connectivity index (χ4n) is 2.67. The molecule has 11 N–H and O–H groups in total. The third-order valence-electron chi connectivity index (χ3n) is 4.49. The molecule has 0 bridgehead atoms. The molecule has 3 atom stereocenters. The summed E-state index contributed by atoms with van der Waals surface area (Å²) in [6.07, 6.45) is 0.768. The van der Waals surface area contributed by atoms with Crippen LogP contribution in [0.1, 0.15) is 25.3 Å². The van der Waals surface area contributed by atoms with Gasteiger partial charge in [0, 0.05) is 13.0 Å². The number of amides is 3. The molecule has 13 heteroatoms. The third-order valence-corrected chi connectivity index (χ3v) is 4.49. The van der Waals surface area contributed by atoms with E-state index in [1.807, 2.05) is 0 Å². The minimum atomic E-state index is -1.25. The van der Waals surface area contributed by atoms with E-state index in [0.717, 1.165) is 0 Å². The van der Waals surface area contributed by atoms with E-state index in [4.69, 9.17) is 17.2 Å². The predicted octanol–water partition coefficient (Wildman–Crippen LogP) is -2.49. The van der Waals surface area contributed by atoms with E-state index >= 15 is 0 Å². The molecule has 33 heavy (non-hydrogen) atoms. The third kappa shape index (κ3) is 10.8. The van der Waals surface area contributed by atoms with Crippen molar-refractivity contribution in [3.63, 3.8) is 0 Å². The summed E-state index contributed by atoms with van der Waals surface area (Å²) in [7, 11) is 0. The first-order chi connectivity index (χ1) is 15.5. The standard InChI is InChI=1S/C20H31N7O6/c1-11(17(30)27-15(19(32)33)9-12-4-6-13(28)7-5-12)26-16(29)10-25-18(31)14(21)3-2-8-24-20(22)23/h4-7,11,14-15,28H,2-3,8-10,21H2,1H3,(H,25,31)(H,26,29)(H,27,30)(H,32,33)(H4,22,23,24).